The molecule has 0 aliphatic heterocycles. The fourth-order valence-corrected chi connectivity index (χ4v) is 1.92. The van der Waals surface area contributed by atoms with Crippen molar-refractivity contribution in [2.24, 2.45) is 0 Å². The molecule has 0 atom stereocenters. The van der Waals surface area contributed by atoms with E-state index >= 15 is 0 Å². The van der Waals surface area contributed by atoms with Crippen molar-refractivity contribution in [3.8, 4) is 0 Å². The maximum Gasteiger partial charge on any atom is 0.317 e. The van der Waals surface area contributed by atoms with E-state index in [9.17, 15) is 4.79 Å². The monoisotopic (exact) mass is 248 g/mol. The number of nitrogens with zero attached hydrogens (tertiary/aromatic N) is 1. The zero-order chi connectivity index (χ0) is 13.2. The average Bonchev–Trinajstić information content (AvgIpc) is 2.39. The van der Waals surface area contributed by atoms with Crippen molar-refractivity contribution in [2.45, 2.75) is 33.1 Å². The van der Waals surface area contributed by atoms with E-state index in [1.807, 2.05) is 23.1 Å². The van der Waals surface area contributed by atoms with Crippen LogP contribution in [0.3, 0.4) is 0 Å². The molecule has 3 nitrogen and oxygen atoms in total. The second-order valence-corrected chi connectivity index (χ2v) is 4.45. The highest BCUT2D eigenvalue weighted by atomic mass is 16.2. The summed E-state index contributed by atoms with van der Waals surface area (Å²) in [6, 6.07) is 10.3. The molecular weight excluding hydrogens is 224 g/mol. The zero-order valence-corrected chi connectivity index (χ0v) is 11.5. The molecule has 100 valence electrons. The lowest BCUT2D eigenvalue weighted by molar-refractivity contribution is 0.198. The number of amides is 2. The molecule has 18 heavy (non-hydrogen) atoms. The van der Waals surface area contributed by atoms with Crippen LogP contribution >= 0.6 is 0 Å². The Bertz CT molecular complexity index is 332. The molecule has 0 aromatic heterocycles. The van der Waals surface area contributed by atoms with Crippen LogP contribution in [-0.4, -0.2) is 30.6 Å². The van der Waals surface area contributed by atoms with Crippen LogP contribution in [0.1, 0.15) is 32.3 Å². The number of urea groups is 1. The van der Waals surface area contributed by atoms with Crippen LogP contribution in [0.25, 0.3) is 0 Å². The quantitative estimate of drug-likeness (QED) is 0.790. The van der Waals surface area contributed by atoms with Crippen LogP contribution in [0.15, 0.2) is 30.3 Å². The lowest BCUT2D eigenvalue weighted by Gasteiger charge is -2.21. The minimum absolute atomic E-state index is 0.0645. The van der Waals surface area contributed by atoms with Crippen molar-refractivity contribution in [1.82, 2.24) is 10.2 Å². The molecule has 0 unspecified atom stereocenters. The summed E-state index contributed by atoms with van der Waals surface area (Å²) < 4.78 is 0. The predicted octanol–water partition coefficient (Wildman–Crippen LogP) is 3.06. The van der Waals surface area contributed by atoms with Gasteiger partial charge in [-0.05, 0) is 24.8 Å². The first-order valence-electron chi connectivity index (χ1n) is 6.84. The van der Waals surface area contributed by atoms with E-state index in [4.69, 9.17) is 0 Å². The second kappa shape index (κ2) is 8.56. The van der Waals surface area contributed by atoms with Gasteiger partial charge in [-0.25, -0.2) is 4.79 Å². The smallest absolute Gasteiger partial charge is 0.317 e. The van der Waals surface area contributed by atoms with Gasteiger partial charge in [-0.15, -0.1) is 0 Å². The first-order valence-corrected chi connectivity index (χ1v) is 6.84. The zero-order valence-electron chi connectivity index (χ0n) is 11.5. The Morgan fingerprint density at radius 2 is 1.72 bits per heavy atom. The van der Waals surface area contributed by atoms with E-state index in [2.05, 4.69) is 31.3 Å². The van der Waals surface area contributed by atoms with Gasteiger partial charge in [0.05, 0.1) is 0 Å². The summed E-state index contributed by atoms with van der Waals surface area (Å²) in [7, 11) is 0. The SMILES string of the molecule is CCCN(CCC)C(=O)NCCc1ccccc1. The summed E-state index contributed by atoms with van der Waals surface area (Å²) in [6.45, 7) is 6.57. The summed E-state index contributed by atoms with van der Waals surface area (Å²) in [5.74, 6) is 0. The third kappa shape index (κ3) is 5.21. The molecule has 1 aromatic carbocycles. The maximum absolute atomic E-state index is 11.9. The number of rotatable bonds is 7. The summed E-state index contributed by atoms with van der Waals surface area (Å²) in [5, 5.41) is 2.99. The van der Waals surface area contributed by atoms with Crippen molar-refractivity contribution in [3.63, 3.8) is 0 Å². The van der Waals surface area contributed by atoms with Crippen molar-refractivity contribution < 1.29 is 4.79 Å². The average molecular weight is 248 g/mol. The molecule has 3 heteroatoms. The molecule has 0 fully saturated rings. The largest absolute Gasteiger partial charge is 0.338 e. The summed E-state index contributed by atoms with van der Waals surface area (Å²) in [6.07, 6.45) is 2.90. The molecular formula is C15H24N2O. The number of benzene rings is 1. The Kier molecular flexibility index (Phi) is 6.92. The van der Waals surface area contributed by atoms with Crippen LogP contribution in [0.5, 0.6) is 0 Å². The summed E-state index contributed by atoms with van der Waals surface area (Å²) in [5.41, 5.74) is 1.26. The molecule has 0 bridgehead atoms. The Labute approximate surface area is 110 Å². The van der Waals surface area contributed by atoms with Crippen LogP contribution in [0.2, 0.25) is 0 Å². The van der Waals surface area contributed by atoms with E-state index in [1.165, 1.54) is 5.56 Å². The molecule has 1 rings (SSSR count). The Balaban J connectivity index is 2.30. The van der Waals surface area contributed by atoms with Gasteiger partial charge in [-0.2, -0.15) is 0 Å². The number of hydrogen-bond acceptors (Lipinski definition) is 1. The predicted molar refractivity (Wildman–Crippen MR) is 75.7 cm³/mol. The minimum atomic E-state index is 0.0645. The van der Waals surface area contributed by atoms with Crippen LogP contribution in [0.4, 0.5) is 4.79 Å². The van der Waals surface area contributed by atoms with Crippen molar-refractivity contribution in [3.05, 3.63) is 35.9 Å². The highest BCUT2D eigenvalue weighted by Gasteiger charge is 2.10. The standard InChI is InChI=1S/C15H24N2O/c1-3-12-17(13-4-2)15(18)16-11-10-14-8-6-5-7-9-14/h5-9H,3-4,10-13H2,1-2H3,(H,16,18). The Morgan fingerprint density at radius 3 is 2.28 bits per heavy atom. The van der Waals surface area contributed by atoms with Crippen molar-refractivity contribution in [1.29, 1.82) is 0 Å². The van der Waals surface area contributed by atoms with Gasteiger partial charge in [-0.3, -0.25) is 0 Å². The van der Waals surface area contributed by atoms with E-state index in [-0.39, 0.29) is 6.03 Å². The van der Waals surface area contributed by atoms with Gasteiger partial charge in [0, 0.05) is 19.6 Å². The van der Waals surface area contributed by atoms with E-state index in [0.29, 0.717) is 6.54 Å². The highest BCUT2D eigenvalue weighted by Crippen LogP contribution is 1.99. The highest BCUT2D eigenvalue weighted by molar-refractivity contribution is 5.74. The molecule has 0 aliphatic carbocycles. The molecule has 1 aromatic rings. The van der Waals surface area contributed by atoms with E-state index in [1.54, 1.807) is 0 Å². The molecule has 0 saturated heterocycles. The van der Waals surface area contributed by atoms with Crippen LogP contribution < -0.4 is 5.32 Å². The van der Waals surface area contributed by atoms with Gasteiger partial charge in [0.25, 0.3) is 0 Å². The van der Waals surface area contributed by atoms with Gasteiger partial charge < -0.3 is 10.2 Å². The normalized spacial score (nSPS) is 10.1. The topological polar surface area (TPSA) is 32.3 Å². The van der Waals surface area contributed by atoms with Gasteiger partial charge in [0.1, 0.15) is 0 Å². The number of nitrogens with one attached hydrogen (secondary N) is 1. The second-order valence-electron chi connectivity index (χ2n) is 4.45. The van der Waals surface area contributed by atoms with Gasteiger partial charge in [0.15, 0.2) is 0 Å². The fourth-order valence-electron chi connectivity index (χ4n) is 1.92. The van der Waals surface area contributed by atoms with Gasteiger partial charge >= 0.3 is 6.03 Å². The molecule has 0 aliphatic rings. The summed E-state index contributed by atoms with van der Waals surface area (Å²) >= 11 is 0. The third-order valence-corrected chi connectivity index (χ3v) is 2.81. The summed E-state index contributed by atoms with van der Waals surface area (Å²) in [4.78, 5) is 13.8. The van der Waals surface area contributed by atoms with Gasteiger partial charge in [-0.1, -0.05) is 44.2 Å². The number of hydrogen-bond donors (Lipinski definition) is 1. The van der Waals surface area contributed by atoms with E-state index < -0.39 is 0 Å². The molecule has 0 heterocycles. The minimum Gasteiger partial charge on any atom is -0.338 e. The third-order valence-electron chi connectivity index (χ3n) is 2.81. The van der Waals surface area contributed by atoms with Crippen LogP contribution in [-0.2, 0) is 6.42 Å². The first-order chi connectivity index (χ1) is 8.77. The lowest BCUT2D eigenvalue weighted by atomic mass is 10.1. The van der Waals surface area contributed by atoms with Crippen molar-refractivity contribution >= 4 is 6.03 Å². The fraction of sp³-hybridized carbons (Fsp3) is 0.533. The van der Waals surface area contributed by atoms with Gasteiger partial charge in [0.2, 0.25) is 0 Å². The molecule has 1 N–H and O–H groups in total. The maximum atomic E-state index is 11.9. The molecule has 0 radical (unpaired) electrons. The lowest BCUT2D eigenvalue weighted by Crippen LogP contribution is -2.41. The Hall–Kier alpha value is -1.51. The van der Waals surface area contributed by atoms with E-state index in [0.717, 1.165) is 32.4 Å². The number of carbonyl (C=O) groups excluding carboxylic acids is 1. The van der Waals surface area contributed by atoms with Crippen molar-refractivity contribution in [2.75, 3.05) is 19.6 Å². The molecule has 0 spiro atoms. The Morgan fingerprint density at radius 1 is 1.11 bits per heavy atom. The number of carbonyl (C=O) groups is 1. The first kappa shape index (κ1) is 14.6. The molecule has 0 saturated carbocycles. The van der Waals surface area contributed by atoms with Crippen LogP contribution in [0, 0.1) is 0 Å². The molecule has 2 amide bonds.